The molecule has 0 aliphatic heterocycles. The number of pyridine rings is 1. The topological polar surface area (TPSA) is 24.9 Å². The molecule has 0 amide bonds. The number of nitrogens with zero attached hydrogens (tertiary/aromatic N) is 1. The lowest BCUT2D eigenvalue weighted by molar-refractivity contribution is 0.630. The summed E-state index contributed by atoms with van der Waals surface area (Å²) in [6.07, 6.45) is 0. The molecule has 0 bridgehead atoms. The van der Waals surface area contributed by atoms with E-state index in [1.54, 1.807) is 18.2 Å². The summed E-state index contributed by atoms with van der Waals surface area (Å²) >= 11 is 0. The molecule has 0 unspecified atom stereocenters. The molecule has 0 fully saturated rings. The third-order valence-electron chi connectivity index (χ3n) is 2.99. The molecule has 2 aromatic carbocycles. The van der Waals surface area contributed by atoms with E-state index < -0.39 is 0 Å². The van der Waals surface area contributed by atoms with E-state index >= 15 is 0 Å². The van der Waals surface area contributed by atoms with Crippen LogP contribution in [-0.4, -0.2) is 4.98 Å². The standard InChI is InChI=1S/C16H13FN2/c17-14-6-2-4-8-16(14)18-11-13-10-9-12-5-1-3-7-15(12)19-13/h1-10,18H,11H2. The maximum atomic E-state index is 13.5. The highest BCUT2D eigenvalue weighted by Gasteiger charge is 2.01. The van der Waals surface area contributed by atoms with Crippen molar-refractivity contribution in [2.75, 3.05) is 5.32 Å². The van der Waals surface area contributed by atoms with Gasteiger partial charge in [-0.3, -0.25) is 4.98 Å². The molecule has 3 rings (SSSR count). The van der Waals surface area contributed by atoms with E-state index in [0.29, 0.717) is 12.2 Å². The molecule has 0 aliphatic rings. The van der Waals surface area contributed by atoms with E-state index in [4.69, 9.17) is 0 Å². The summed E-state index contributed by atoms with van der Waals surface area (Å²) in [7, 11) is 0. The highest BCUT2D eigenvalue weighted by Crippen LogP contribution is 2.15. The SMILES string of the molecule is Fc1ccccc1NCc1ccc2ccccc2n1. The van der Waals surface area contributed by atoms with Gasteiger partial charge in [-0.2, -0.15) is 0 Å². The van der Waals surface area contributed by atoms with Gasteiger partial charge in [0.15, 0.2) is 0 Å². The fraction of sp³-hybridized carbons (Fsp3) is 0.0625. The Morgan fingerprint density at radius 1 is 0.895 bits per heavy atom. The molecular formula is C16H13FN2. The molecule has 94 valence electrons. The summed E-state index contributed by atoms with van der Waals surface area (Å²) < 4.78 is 13.5. The van der Waals surface area contributed by atoms with Gasteiger partial charge in [-0.15, -0.1) is 0 Å². The average molecular weight is 252 g/mol. The van der Waals surface area contributed by atoms with Crippen molar-refractivity contribution < 1.29 is 4.39 Å². The second kappa shape index (κ2) is 5.06. The van der Waals surface area contributed by atoms with Gasteiger partial charge in [-0.05, 0) is 24.3 Å². The van der Waals surface area contributed by atoms with Gasteiger partial charge in [0.25, 0.3) is 0 Å². The van der Waals surface area contributed by atoms with Crippen molar-refractivity contribution in [2.24, 2.45) is 0 Å². The van der Waals surface area contributed by atoms with Gasteiger partial charge in [0, 0.05) is 5.39 Å². The first-order chi connectivity index (χ1) is 9.33. The first kappa shape index (κ1) is 11.7. The van der Waals surface area contributed by atoms with Gasteiger partial charge in [0.05, 0.1) is 23.4 Å². The van der Waals surface area contributed by atoms with Gasteiger partial charge < -0.3 is 5.32 Å². The fourth-order valence-electron chi connectivity index (χ4n) is 2.00. The quantitative estimate of drug-likeness (QED) is 0.762. The third-order valence-corrected chi connectivity index (χ3v) is 2.99. The zero-order valence-electron chi connectivity index (χ0n) is 10.3. The molecule has 3 heteroatoms. The molecule has 0 atom stereocenters. The second-order valence-corrected chi connectivity index (χ2v) is 4.33. The van der Waals surface area contributed by atoms with E-state index in [-0.39, 0.29) is 5.82 Å². The van der Waals surface area contributed by atoms with Crippen LogP contribution in [0.25, 0.3) is 10.9 Å². The summed E-state index contributed by atoms with van der Waals surface area (Å²) in [6.45, 7) is 0.506. The summed E-state index contributed by atoms with van der Waals surface area (Å²) in [4.78, 5) is 4.54. The van der Waals surface area contributed by atoms with Crippen molar-refractivity contribution in [2.45, 2.75) is 6.54 Å². The molecular weight excluding hydrogens is 239 g/mol. The molecule has 0 aliphatic carbocycles. The lowest BCUT2D eigenvalue weighted by atomic mass is 10.2. The van der Waals surface area contributed by atoms with E-state index in [0.717, 1.165) is 16.6 Å². The molecule has 3 aromatic rings. The van der Waals surface area contributed by atoms with Crippen molar-refractivity contribution in [3.8, 4) is 0 Å². The van der Waals surface area contributed by atoms with Crippen LogP contribution < -0.4 is 5.32 Å². The number of para-hydroxylation sites is 2. The average Bonchev–Trinajstić information content (AvgIpc) is 2.46. The first-order valence-corrected chi connectivity index (χ1v) is 6.16. The number of hydrogen-bond acceptors (Lipinski definition) is 2. The minimum absolute atomic E-state index is 0.247. The number of hydrogen-bond donors (Lipinski definition) is 1. The Morgan fingerprint density at radius 3 is 2.58 bits per heavy atom. The van der Waals surface area contributed by atoms with E-state index in [9.17, 15) is 4.39 Å². The van der Waals surface area contributed by atoms with Crippen molar-refractivity contribution in [1.29, 1.82) is 0 Å². The summed E-state index contributed by atoms with van der Waals surface area (Å²) in [5.74, 6) is -0.247. The van der Waals surface area contributed by atoms with Crippen LogP contribution in [0, 0.1) is 5.82 Å². The van der Waals surface area contributed by atoms with Crippen LogP contribution in [0.1, 0.15) is 5.69 Å². The Kier molecular flexibility index (Phi) is 3.11. The van der Waals surface area contributed by atoms with Crippen LogP contribution in [0.4, 0.5) is 10.1 Å². The highest BCUT2D eigenvalue weighted by atomic mass is 19.1. The Hall–Kier alpha value is -2.42. The maximum absolute atomic E-state index is 13.5. The zero-order chi connectivity index (χ0) is 13.1. The summed E-state index contributed by atoms with van der Waals surface area (Å²) in [5.41, 5.74) is 2.34. The second-order valence-electron chi connectivity index (χ2n) is 4.33. The molecule has 0 spiro atoms. The third kappa shape index (κ3) is 2.55. The Morgan fingerprint density at radius 2 is 1.68 bits per heavy atom. The normalized spacial score (nSPS) is 10.6. The fourth-order valence-corrected chi connectivity index (χ4v) is 2.00. The summed E-state index contributed by atoms with van der Waals surface area (Å²) in [6, 6.07) is 18.6. The number of nitrogens with one attached hydrogen (secondary N) is 1. The van der Waals surface area contributed by atoms with Gasteiger partial charge in [0.1, 0.15) is 5.82 Å². The van der Waals surface area contributed by atoms with Crippen molar-refractivity contribution in [1.82, 2.24) is 4.98 Å². The maximum Gasteiger partial charge on any atom is 0.146 e. The largest absolute Gasteiger partial charge is 0.377 e. The lowest BCUT2D eigenvalue weighted by Gasteiger charge is -2.07. The van der Waals surface area contributed by atoms with Gasteiger partial charge >= 0.3 is 0 Å². The Bertz CT molecular complexity index is 710. The van der Waals surface area contributed by atoms with Crippen molar-refractivity contribution >= 4 is 16.6 Å². The molecule has 0 saturated heterocycles. The lowest BCUT2D eigenvalue weighted by Crippen LogP contribution is -2.03. The first-order valence-electron chi connectivity index (χ1n) is 6.16. The molecule has 0 saturated carbocycles. The molecule has 2 nitrogen and oxygen atoms in total. The van der Waals surface area contributed by atoms with Crippen LogP contribution in [0.3, 0.4) is 0 Å². The zero-order valence-corrected chi connectivity index (χ0v) is 10.3. The Balaban J connectivity index is 1.80. The minimum atomic E-state index is -0.247. The number of aromatic nitrogens is 1. The predicted octanol–water partition coefficient (Wildman–Crippen LogP) is 3.99. The molecule has 19 heavy (non-hydrogen) atoms. The summed E-state index contributed by atoms with van der Waals surface area (Å²) in [5, 5.41) is 4.16. The van der Waals surface area contributed by atoms with Crippen LogP contribution in [0.2, 0.25) is 0 Å². The van der Waals surface area contributed by atoms with Gasteiger partial charge in [0.2, 0.25) is 0 Å². The smallest absolute Gasteiger partial charge is 0.146 e. The highest BCUT2D eigenvalue weighted by molar-refractivity contribution is 5.78. The predicted molar refractivity (Wildman–Crippen MR) is 75.5 cm³/mol. The Labute approximate surface area is 110 Å². The van der Waals surface area contributed by atoms with Crippen LogP contribution >= 0.6 is 0 Å². The number of halogens is 1. The monoisotopic (exact) mass is 252 g/mol. The molecule has 1 N–H and O–H groups in total. The minimum Gasteiger partial charge on any atom is -0.377 e. The van der Waals surface area contributed by atoms with E-state index in [1.165, 1.54) is 6.07 Å². The number of anilines is 1. The van der Waals surface area contributed by atoms with Crippen LogP contribution in [0.15, 0.2) is 60.7 Å². The number of benzene rings is 2. The van der Waals surface area contributed by atoms with Gasteiger partial charge in [-0.1, -0.05) is 36.4 Å². The molecule has 1 heterocycles. The molecule has 0 radical (unpaired) electrons. The number of rotatable bonds is 3. The van der Waals surface area contributed by atoms with Gasteiger partial charge in [-0.25, -0.2) is 4.39 Å². The van der Waals surface area contributed by atoms with Crippen LogP contribution in [-0.2, 0) is 6.54 Å². The number of fused-ring (bicyclic) bond motifs is 1. The van der Waals surface area contributed by atoms with Crippen LogP contribution in [0.5, 0.6) is 0 Å². The van der Waals surface area contributed by atoms with E-state index in [2.05, 4.69) is 10.3 Å². The van der Waals surface area contributed by atoms with Crippen molar-refractivity contribution in [3.63, 3.8) is 0 Å². The molecule has 1 aromatic heterocycles. The van der Waals surface area contributed by atoms with Crippen molar-refractivity contribution in [3.05, 3.63) is 72.2 Å². The van der Waals surface area contributed by atoms with E-state index in [1.807, 2.05) is 36.4 Å².